The summed E-state index contributed by atoms with van der Waals surface area (Å²) in [6, 6.07) is 24.1. The van der Waals surface area contributed by atoms with E-state index in [2.05, 4.69) is 65.6 Å². The van der Waals surface area contributed by atoms with Crippen molar-refractivity contribution in [3.8, 4) is 11.5 Å². The van der Waals surface area contributed by atoms with Gasteiger partial charge in [0.05, 0.1) is 5.56 Å². The number of carbonyl (C=O) groups is 2. The lowest BCUT2D eigenvalue weighted by Crippen LogP contribution is -2.40. The van der Waals surface area contributed by atoms with Crippen molar-refractivity contribution in [1.82, 2.24) is 16.0 Å². The molecule has 2 aliphatic rings. The van der Waals surface area contributed by atoms with Gasteiger partial charge in [0.1, 0.15) is 11.5 Å². The Labute approximate surface area is 310 Å². The second-order valence-electron chi connectivity index (χ2n) is 12.6. The van der Waals surface area contributed by atoms with Crippen molar-refractivity contribution in [2.45, 2.75) is 39.8 Å². The number of ether oxygens (including phenoxy) is 2. The van der Waals surface area contributed by atoms with Crippen LogP contribution >= 0.6 is 12.2 Å². The van der Waals surface area contributed by atoms with Crippen LogP contribution in [0, 0.1) is 0 Å². The molecule has 5 N–H and O–H groups in total. The monoisotopic (exact) mass is 721 g/mol. The predicted octanol–water partition coefficient (Wildman–Crippen LogP) is 4.02. The molecular weight excluding hydrogens is 677 g/mol. The summed E-state index contributed by atoms with van der Waals surface area (Å²) in [4.78, 5) is 30.7. The van der Waals surface area contributed by atoms with E-state index in [0.717, 1.165) is 59.8 Å². The van der Waals surface area contributed by atoms with Gasteiger partial charge in [-0.2, -0.15) is 0 Å². The summed E-state index contributed by atoms with van der Waals surface area (Å²) in [6.45, 7) is 13.0. The van der Waals surface area contributed by atoms with Crippen LogP contribution in [0.2, 0.25) is 0 Å². The fourth-order valence-electron chi connectivity index (χ4n) is 6.94. The molecule has 0 unspecified atom stereocenters. The summed E-state index contributed by atoms with van der Waals surface area (Å²) in [7, 11) is -1.59. The third kappa shape index (κ3) is 7.03. The van der Waals surface area contributed by atoms with E-state index in [1.54, 1.807) is 0 Å². The number of benzene rings is 4. The zero-order valence-corrected chi connectivity index (χ0v) is 30.7. The van der Waals surface area contributed by atoms with Crippen molar-refractivity contribution >= 4 is 53.2 Å². The molecule has 4 aromatic carbocycles. The van der Waals surface area contributed by atoms with Gasteiger partial charge < -0.3 is 45.3 Å². The molecule has 6 rings (SSSR count). The molecular formula is C39H44BN5O6S. The first kappa shape index (κ1) is 36.7. The molecule has 13 heteroatoms. The number of amides is 1. The Kier molecular flexibility index (Phi) is 11.0. The number of thiocarbonyl (C=S) groups is 1. The van der Waals surface area contributed by atoms with Crippen LogP contribution in [0.5, 0.6) is 11.5 Å². The molecule has 1 spiro atoms. The number of esters is 1. The SMILES string of the molecule is CCN(CC)c1ccc2c(c1)Oc1cc(N(CC)CC)ccc1C21OC(=O)c2cc(CNC(=S)NCCNC(=O)c3ccc(B(O)O)cc3)ccc21. The highest BCUT2D eigenvalue weighted by molar-refractivity contribution is 7.80. The molecule has 0 aliphatic carbocycles. The molecule has 2 heterocycles. The van der Waals surface area contributed by atoms with Gasteiger partial charge in [0.2, 0.25) is 0 Å². The minimum Gasteiger partial charge on any atom is -0.456 e. The van der Waals surface area contributed by atoms with Gasteiger partial charge in [0.25, 0.3) is 5.91 Å². The topological polar surface area (TPSA) is 136 Å². The molecule has 0 saturated carbocycles. The number of fused-ring (bicyclic) bond motifs is 6. The van der Waals surface area contributed by atoms with E-state index < -0.39 is 18.7 Å². The van der Waals surface area contributed by atoms with Crippen molar-refractivity contribution in [2.75, 3.05) is 49.1 Å². The number of nitrogens with zero attached hydrogens (tertiary/aromatic N) is 2. The van der Waals surface area contributed by atoms with Crippen LogP contribution in [0.4, 0.5) is 11.4 Å². The Morgan fingerprint density at radius 1 is 0.750 bits per heavy atom. The Morgan fingerprint density at radius 2 is 1.31 bits per heavy atom. The Hall–Kier alpha value is -5.11. The lowest BCUT2D eigenvalue weighted by atomic mass is 9.77. The molecule has 270 valence electrons. The highest BCUT2D eigenvalue weighted by Gasteiger charge is 2.53. The van der Waals surface area contributed by atoms with Crippen molar-refractivity contribution in [3.05, 3.63) is 112 Å². The molecule has 1 amide bonds. The molecule has 4 aromatic rings. The van der Waals surface area contributed by atoms with Gasteiger partial charge in [0.15, 0.2) is 10.7 Å². The van der Waals surface area contributed by atoms with Crippen molar-refractivity contribution < 1.29 is 29.1 Å². The van der Waals surface area contributed by atoms with Crippen LogP contribution in [0.3, 0.4) is 0 Å². The van der Waals surface area contributed by atoms with Gasteiger partial charge in [-0.15, -0.1) is 0 Å². The summed E-state index contributed by atoms with van der Waals surface area (Å²) >= 11 is 5.47. The highest BCUT2D eigenvalue weighted by atomic mass is 32.1. The van der Waals surface area contributed by atoms with Crippen LogP contribution in [0.1, 0.15) is 70.7 Å². The number of hydrogen-bond donors (Lipinski definition) is 5. The average Bonchev–Trinajstić information content (AvgIpc) is 3.44. The summed E-state index contributed by atoms with van der Waals surface area (Å²) in [5.74, 6) is 0.625. The Balaban J connectivity index is 1.19. The van der Waals surface area contributed by atoms with Gasteiger partial charge in [-0.05, 0) is 93.4 Å². The van der Waals surface area contributed by atoms with Gasteiger partial charge in [-0.3, -0.25) is 4.79 Å². The normalized spacial score (nSPS) is 13.2. The third-order valence-corrected chi connectivity index (χ3v) is 10.0. The average molecular weight is 722 g/mol. The molecule has 0 fully saturated rings. The maximum Gasteiger partial charge on any atom is 0.488 e. The minimum absolute atomic E-state index is 0.286. The number of hydrogen-bond acceptors (Lipinski definition) is 9. The maximum atomic E-state index is 13.8. The first-order valence-corrected chi connectivity index (χ1v) is 18.1. The van der Waals surface area contributed by atoms with E-state index in [0.29, 0.717) is 52.8 Å². The van der Waals surface area contributed by atoms with E-state index in [-0.39, 0.29) is 5.91 Å². The molecule has 0 bridgehead atoms. The summed E-state index contributed by atoms with van der Waals surface area (Å²) in [5, 5.41) is 27.9. The second kappa shape index (κ2) is 15.6. The van der Waals surface area contributed by atoms with Gasteiger partial charge in [-0.1, -0.05) is 24.3 Å². The standard InChI is InChI=1S/C39H44BN5O6S/c1-5-44(6-2)28-14-17-32-34(22-28)50-35-23-29(45(7-3)8-4)15-18-33(35)39(32)31-16-9-25(21-30(31)37(47)51-39)24-43-38(52)42-20-19-41-36(46)26-10-12-27(13-11-26)40(48)49/h9-18,21-23,48-49H,5-8,19-20,24H2,1-4H3,(H,41,46)(H2,42,43,52). The number of rotatable bonds is 13. The van der Waals surface area contributed by atoms with Crippen molar-refractivity contribution in [1.29, 1.82) is 0 Å². The van der Waals surface area contributed by atoms with Crippen molar-refractivity contribution in [3.63, 3.8) is 0 Å². The largest absolute Gasteiger partial charge is 0.488 e. The minimum atomic E-state index is -1.59. The van der Waals surface area contributed by atoms with Crippen LogP contribution in [-0.2, 0) is 16.9 Å². The molecule has 0 saturated heterocycles. The number of carbonyl (C=O) groups excluding carboxylic acids is 2. The lowest BCUT2D eigenvalue weighted by molar-refractivity contribution is 0.0224. The molecule has 52 heavy (non-hydrogen) atoms. The predicted molar refractivity (Wildman–Crippen MR) is 208 cm³/mol. The first-order chi connectivity index (χ1) is 25.1. The van der Waals surface area contributed by atoms with E-state index in [1.807, 2.05) is 42.5 Å². The Bertz CT molecular complexity index is 1900. The van der Waals surface area contributed by atoms with E-state index in [9.17, 15) is 19.6 Å². The first-order valence-electron chi connectivity index (χ1n) is 17.7. The number of anilines is 2. The summed E-state index contributed by atoms with van der Waals surface area (Å²) in [6.07, 6.45) is 0. The quantitative estimate of drug-likeness (QED) is 0.0593. The van der Waals surface area contributed by atoms with Gasteiger partial charge in [-0.25, -0.2) is 4.79 Å². The summed E-state index contributed by atoms with van der Waals surface area (Å²) < 4.78 is 13.1. The van der Waals surface area contributed by atoms with E-state index >= 15 is 0 Å². The molecule has 2 aliphatic heterocycles. The highest BCUT2D eigenvalue weighted by Crippen LogP contribution is 2.57. The smallest absolute Gasteiger partial charge is 0.456 e. The van der Waals surface area contributed by atoms with E-state index in [4.69, 9.17) is 21.7 Å². The van der Waals surface area contributed by atoms with Crippen LogP contribution in [0.15, 0.2) is 78.9 Å². The zero-order chi connectivity index (χ0) is 37.0. The van der Waals surface area contributed by atoms with Crippen LogP contribution in [-0.4, -0.2) is 73.4 Å². The fraction of sp³-hybridized carbons (Fsp3) is 0.308. The molecule has 0 radical (unpaired) electrons. The fourth-order valence-corrected chi connectivity index (χ4v) is 7.11. The lowest BCUT2D eigenvalue weighted by Gasteiger charge is -2.38. The second-order valence-corrected chi connectivity index (χ2v) is 13.0. The molecule has 11 nitrogen and oxygen atoms in total. The van der Waals surface area contributed by atoms with Gasteiger partial charge >= 0.3 is 13.1 Å². The van der Waals surface area contributed by atoms with E-state index in [1.165, 1.54) is 24.3 Å². The molecule has 0 atom stereocenters. The number of nitrogens with one attached hydrogen (secondary N) is 3. The van der Waals surface area contributed by atoms with Gasteiger partial charge in [0, 0.05) is 91.6 Å². The maximum absolute atomic E-state index is 13.8. The summed E-state index contributed by atoms with van der Waals surface area (Å²) in [5.41, 5.74) is 5.28. The van der Waals surface area contributed by atoms with Crippen molar-refractivity contribution in [2.24, 2.45) is 0 Å². The van der Waals surface area contributed by atoms with Crippen LogP contribution < -0.4 is 35.9 Å². The third-order valence-electron chi connectivity index (χ3n) is 9.72. The molecule has 0 aromatic heterocycles. The van der Waals surface area contributed by atoms with Crippen LogP contribution in [0.25, 0.3) is 0 Å². The Morgan fingerprint density at radius 3 is 1.87 bits per heavy atom. The zero-order valence-electron chi connectivity index (χ0n) is 29.9.